The molecule has 2 amide bonds. The second-order valence-electron chi connectivity index (χ2n) is 14.5. The number of anilines is 2. The standard InChI is InChI=1S/C39H45N9O4/c1-26(2)52-34-10-7-30(22-40-34)36-32-21-31(8-9-33(32)42-43-36)48-18-14-39(38(48)51)13-17-45(24-39)23-35(50)46-15-11-28(12-16-46)27-3-5-29(6-4-27)37-41-25-47(44-37)19-20-49/h3-11,21-22,25-26,36,42-43,49H,12-20,23-24H2,1-2H3/t36?,39-/m0/s1. The molecule has 1 spiro atoms. The third-order valence-electron chi connectivity index (χ3n) is 10.7. The molecule has 6 heterocycles. The molecule has 2 aromatic carbocycles. The van der Waals surface area contributed by atoms with Crippen LogP contribution in [0.2, 0.25) is 0 Å². The van der Waals surface area contributed by atoms with Crippen LogP contribution in [0.15, 0.2) is 73.2 Å². The van der Waals surface area contributed by atoms with E-state index >= 15 is 0 Å². The number of rotatable bonds is 10. The molecule has 8 rings (SSSR count). The molecule has 0 bridgehead atoms. The van der Waals surface area contributed by atoms with Crippen molar-refractivity contribution in [3.05, 3.63) is 89.9 Å². The number of nitrogens with one attached hydrogen (secondary N) is 2. The van der Waals surface area contributed by atoms with Gasteiger partial charge in [0.2, 0.25) is 17.7 Å². The topological polar surface area (TPSA) is 141 Å². The lowest BCUT2D eigenvalue weighted by atomic mass is 9.85. The average molecular weight is 704 g/mol. The van der Waals surface area contributed by atoms with E-state index in [1.54, 1.807) is 11.0 Å². The highest BCUT2D eigenvalue weighted by Crippen LogP contribution is 2.44. The maximum Gasteiger partial charge on any atom is 0.237 e. The number of hydrazine groups is 1. The number of hydrogen-bond acceptors (Lipinski definition) is 10. The molecule has 4 aromatic rings. The van der Waals surface area contributed by atoms with Gasteiger partial charge in [0.1, 0.15) is 6.33 Å². The molecule has 0 saturated carbocycles. The van der Waals surface area contributed by atoms with Gasteiger partial charge < -0.3 is 25.1 Å². The van der Waals surface area contributed by atoms with Crippen molar-refractivity contribution in [2.45, 2.75) is 51.8 Å². The van der Waals surface area contributed by atoms with Crippen LogP contribution in [-0.2, 0) is 16.1 Å². The Bertz CT molecular complexity index is 1980. The van der Waals surface area contributed by atoms with E-state index in [0.717, 1.165) is 59.4 Å². The summed E-state index contributed by atoms with van der Waals surface area (Å²) in [6, 6.07) is 18.1. The molecule has 2 saturated heterocycles. The summed E-state index contributed by atoms with van der Waals surface area (Å²) >= 11 is 0. The lowest BCUT2D eigenvalue weighted by molar-refractivity contribution is -0.132. The first-order valence-electron chi connectivity index (χ1n) is 18.2. The summed E-state index contributed by atoms with van der Waals surface area (Å²) in [5.74, 6) is 1.49. The van der Waals surface area contributed by atoms with E-state index in [0.29, 0.717) is 51.0 Å². The summed E-state index contributed by atoms with van der Waals surface area (Å²) in [7, 11) is 0. The van der Waals surface area contributed by atoms with E-state index in [-0.39, 0.29) is 30.6 Å². The minimum Gasteiger partial charge on any atom is -0.475 e. The maximum atomic E-state index is 14.1. The molecular weight excluding hydrogens is 658 g/mol. The lowest BCUT2D eigenvalue weighted by Gasteiger charge is -2.29. The predicted molar refractivity (Wildman–Crippen MR) is 197 cm³/mol. The zero-order chi connectivity index (χ0) is 35.8. The van der Waals surface area contributed by atoms with Gasteiger partial charge in [0.05, 0.1) is 42.9 Å². The van der Waals surface area contributed by atoms with E-state index in [1.165, 1.54) is 5.57 Å². The van der Waals surface area contributed by atoms with Crippen molar-refractivity contribution >= 4 is 28.8 Å². The number of aromatic nitrogens is 4. The fraction of sp³-hybridized carbons (Fsp3) is 0.410. The Hall–Kier alpha value is -5.11. The highest BCUT2D eigenvalue weighted by Gasteiger charge is 2.51. The summed E-state index contributed by atoms with van der Waals surface area (Å²) in [4.78, 5) is 42.4. The SMILES string of the molecule is CC(C)Oc1ccc(C2NNc3ccc(N4CC[C@]5(CCN(CC(=O)N6CC=C(c7ccc(-c8ncn(CCO)n8)cc7)CC6)C5)C4=O)cc32)cn1. The molecule has 1 unspecified atom stereocenters. The minimum atomic E-state index is -0.459. The molecule has 13 heteroatoms. The smallest absolute Gasteiger partial charge is 0.237 e. The normalized spacial score (nSPS) is 21.6. The molecule has 2 fully saturated rings. The number of aliphatic hydroxyl groups is 1. The third kappa shape index (κ3) is 6.67. The Balaban J connectivity index is 0.862. The van der Waals surface area contributed by atoms with Crippen LogP contribution < -0.4 is 20.5 Å². The van der Waals surface area contributed by atoms with Crippen molar-refractivity contribution in [1.82, 2.24) is 35.0 Å². The van der Waals surface area contributed by atoms with Crippen molar-refractivity contribution in [2.75, 3.05) is 56.2 Å². The molecule has 0 aliphatic carbocycles. The van der Waals surface area contributed by atoms with Gasteiger partial charge in [0, 0.05) is 55.3 Å². The van der Waals surface area contributed by atoms with Gasteiger partial charge >= 0.3 is 0 Å². The zero-order valence-electron chi connectivity index (χ0n) is 29.7. The summed E-state index contributed by atoms with van der Waals surface area (Å²) < 4.78 is 7.35. The molecule has 4 aliphatic heterocycles. The molecule has 3 N–H and O–H groups in total. The van der Waals surface area contributed by atoms with Crippen LogP contribution in [0.1, 0.15) is 55.8 Å². The molecule has 52 heavy (non-hydrogen) atoms. The zero-order valence-corrected chi connectivity index (χ0v) is 29.7. The van der Waals surface area contributed by atoms with Crippen molar-refractivity contribution in [3.8, 4) is 17.3 Å². The summed E-state index contributed by atoms with van der Waals surface area (Å²) in [6.45, 7) is 7.97. The van der Waals surface area contributed by atoms with E-state index in [4.69, 9.17) is 9.84 Å². The van der Waals surface area contributed by atoms with Crippen LogP contribution in [0.3, 0.4) is 0 Å². The number of benzene rings is 2. The van der Waals surface area contributed by atoms with E-state index < -0.39 is 5.41 Å². The Kier molecular flexibility index (Phi) is 9.24. The van der Waals surface area contributed by atoms with Crippen LogP contribution in [0.4, 0.5) is 11.4 Å². The molecule has 2 aromatic heterocycles. The first-order valence-corrected chi connectivity index (χ1v) is 18.2. The first kappa shape index (κ1) is 34.0. The summed E-state index contributed by atoms with van der Waals surface area (Å²) in [5, 5.41) is 13.5. The van der Waals surface area contributed by atoms with Gasteiger partial charge in [-0.2, -0.15) is 5.10 Å². The van der Waals surface area contributed by atoms with Crippen LogP contribution in [-0.4, -0.2) is 98.4 Å². The van der Waals surface area contributed by atoms with Crippen molar-refractivity contribution in [3.63, 3.8) is 0 Å². The number of fused-ring (bicyclic) bond motifs is 1. The number of ether oxygens (including phenoxy) is 1. The van der Waals surface area contributed by atoms with Gasteiger partial charge in [-0.15, -0.1) is 0 Å². The van der Waals surface area contributed by atoms with Gasteiger partial charge in [-0.25, -0.2) is 15.4 Å². The minimum absolute atomic E-state index is 0.0195. The quantitative estimate of drug-likeness (QED) is 0.223. The van der Waals surface area contributed by atoms with Gasteiger partial charge in [0.25, 0.3) is 0 Å². The van der Waals surface area contributed by atoms with Crippen molar-refractivity contribution in [2.24, 2.45) is 5.41 Å². The number of aliphatic hydroxyl groups excluding tert-OH is 1. The highest BCUT2D eigenvalue weighted by atomic mass is 16.5. The van der Waals surface area contributed by atoms with Crippen LogP contribution in [0.5, 0.6) is 5.88 Å². The highest BCUT2D eigenvalue weighted by molar-refractivity contribution is 6.00. The van der Waals surface area contributed by atoms with Crippen molar-refractivity contribution in [1.29, 1.82) is 0 Å². The van der Waals surface area contributed by atoms with Gasteiger partial charge in [-0.05, 0) is 74.6 Å². The van der Waals surface area contributed by atoms with Gasteiger partial charge in [-0.3, -0.25) is 19.2 Å². The Labute approximate surface area is 303 Å². The second kappa shape index (κ2) is 14.1. The first-order chi connectivity index (χ1) is 25.3. The fourth-order valence-electron chi connectivity index (χ4n) is 7.89. The molecular formula is C39H45N9O4. The molecule has 4 aliphatic rings. The number of pyridine rings is 1. The van der Waals surface area contributed by atoms with E-state index in [1.807, 2.05) is 66.2 Å². The van der Waals surface area contributed by atoms with E-state index in [9.17, 15) is 9.59 Å². The summed E-state index contributed by atoms with van der Waals surface area (Å²) in [5.41, 5.74) is 13.4. The fourth-order valence-corrected chi connectivity index (χ4v) is 7.89. The Morgan fingerprint density at radius 3 is 2.62 bits per heavy atom. The number of likely N-dealkylation sites (tertiary alicyclic amines) is 1. The maximum absolute atomic E-state index is 14.1. The van der Waals surface area contributed by atoms with Crippen LogP contribution in [0, 0.1) is 5.41 Å². The third-order valence-corrected chi connectivity index (χ3v) is 10.7. The van der Waals surface area contributed by atoms with E-state index in [2.05, 4.69) is 55.1 Å². The van der Waals surface area contributed by atoms with Gasteiger partial charge in [-0.1, -0.05) is 36.4 Å². The van der Waals surface area contributed by atoms with Gasteiger partial charge in [0.15, 0.2) is 5.82 Å². The van der Waals surface area contributed by atoms with Crippen molar-refractivity contribution < 1.29 is 19.4 Å². The number of hydrogen-bond donors (Lipinski definition) is 3. The molecule has 0 radical (unpaired) electrons. The number of carbonyl (C=O) groups is 2. The summed E-state index contributed by atoms with van der Waals surface area (Å²) in [6.07, 6.45) is 7.99. The predicted octanol–water partition coefficient (Wildman–Crippen LogP) is 3.88. The Morgan fingerprint density at radius 2 is 1.87 bits per heavy atom. The molecule has 2 atom stereocenters. The number of amides is 2. The van der Waals surface area contributed by atoms with Crippen LogP contribution >= 0.6 is 0 Å². The lowest BCUT2D eigenvalue weighted by Crippen LogP contribution is -2.43. The molecule has 13 nitrogen and oxygen atoms in total. The monoisotopic (exact) mass is 703 g/mol. The van der Waals surface area contributed by atoms with Crippen LogP contribution in [0.25, 0.3) is 17.0 Å². The number of carbonyl (C=O) groups excluding carboxylic acids is 2. The Morgan fingerprint density at radius 1 is 1.04 bits per heavy atom. The number of nitrogens with zero attached hydrogens (tertiary/aromatic N) is 7. The second-order valence-corrected chi connectivity index (χ2v) is 14.5. The largest absolute Gasteiger partial charge is 0.475 e. The molecule has 270 valence electrons. The average Bonchev–Trinajstić information content (AvgIpc) is 3.96.